The van der Waals surface area contributed by atoms with Gasteiger partial charge in [-0.15, -0.1) is 0 Å². The van der Waals surface area contributed by atoms with Crippen molar-refractivity contribution in [3.63, 3.8) is 0 Å². The number of halogens is 2. The molecule has 8 nitrogen and oxygen atoms in total. The first-order valence-corrected chi connectivity index (χ1v) is 15.4. The fourth-order valence-corrected chi connectivity index (χ4v) is 5.50. The number of unbranched alkanes of at least 4 members (excludes halogenated alkanes) is 4. The quantitative estimate of drug-likeness (QED) is 0.152. The first-order chi connectivity index (χ1) is 20.4. The molecule has 12 heteroatoms. The molecule has 0 fully saturated rings. The number of aromatic nitrogens is 6. The predicted octanol–water partition coefficient (Wildman–Crippen LogP) is 3.95. The van der Waals surface area contributed by atoms with E-state index in [1.807, 2.05) is 41.1 Å². The van der Waals surface area contributed by atoms with Gasteiger partial charge in [0, 0.05) is 22.0 Å². The second kappa shape index (κ2) is 22.4. The van der Waals surface area contributed by atoms with Crippen LogP contribution >= 0.6 is 23.2 Å². The second-order valence-corrected chi connectivity index (χ2v) is 11.7. The maximum atomic E-state index is 9.85. The van der Waals surface area contributed by atoms with Crippen LogP contribution in [0.1, 0.15) is 85.2 Å². The van der Waals surface area contributed by atoms with Gasteiger partial charge in [0.2, 0.25) is 0 Å². The molecule has 2 heterocycles. The summed E-state index contributed by atoms with van der Waals surface area (Å²) in [5.74, 6) is 0. The third kappa shape index (κ3) is 12.9. The van der Waals surface area contributed by atoms with Gasteiger partial charge in [0.05, 0.1) is 19.2 Å². The summed E-state index contributed by atoms with van der Waals surface area (Å²) in [6.45, 7) is 6.21. The molecule has 2 atom stereocenters. The van der Waals surface area contributed by atoms with Gasteiger partial charge in [-0.1, -0.05) is 107 Å². The second-order valence-electron chi connectivity index (χ2n) is 10.8. The van der Waals surface area contributed by atoms with Crippen LogP contribution in [0.3, 0.4) is 0 Å². The molecule has 4 aromatic rings. The van der Waals surface area contributed by atoms with Crippen LogP contribution in [0.4, 0.5) is 0 Å². The summed E-state index contributed by atoms with van der Waals surface area (Å²) < 4.78 is 3.59. The summed E-state index contributed by atoms with van der Waals surface area (Å²) in [5, 5.41) is 19.7. The Morgan fingerprint density at radius 2 is 1.24 bits per heavy atom. The molecule has 4 rings (SSSR count). The van der Waals surface area contributed by atoms with Crippen molar-refractivity contribution in [1.29, 1.82) is 5.26 Å². The first kappa shape index (κ1) is 42.9. The van der Waals surface area contributed by atoms with Crippen LogP contribution in [0.25, 0.3) is 0 Å². The Bertz CT molecular complexity index is 1340. The molecule has 0 bridgehead atoms. The average Bonchev–Trinajstić information content (AvgIpc) is 3.72. The van der Waals surface area contributed by atoms with Crippen LogP contribution in [0, 0.1) is 11.3 Å². The molecule has 240 valence electrons. The van der Waals surface area contributed by atoms with E-state index in [2.05, 4.69) is 52.2 Å². The van der Waals surface area contributed by atoms with Crippen LogP contribution in [0.15, 0.2) is 73.8 Å². The molecule has 2 unspecified atom stereocenters. The molecular weight excluding hydrogens is 613 g/mol. The Morgan fingerprint density at radius 1 is 0.778 bits per heavy atom. The fraction of sp³-hybridized carbons (Fsp3) is 0.485. The van der Waals surface area contributed by atoms with Gasteiger partial charge in [-0.05, 0) is 48.2 Å². The van der Waals surface area contributed by atoms with Gasteiger partial charge in [0.25, 0.3) is 0 Å². The van der Waals surface area contributed by atoms with E-state index < -0.39 is 5.41 Å². The van der Waals surface area contributed by atoms with Gasteiger partial charge < -0.3 is 7.16 Å². The van der Waals surface area contributed by atoms with Crippen LogP contribution in [0.5, 0.6) is 0 Å². The minimum absolute atomic E-state index is 0. The summed E-state index contributed by atoms with van der Waals surface area (Å²) in [5.41, 5.74) is 7.68. The molecule has 0 spiro atoms. The number of benzene rings is 2. The maximum absolute atomic E-state index is 9.85. The van der Waals surface area contributed by atoms with Crippen LogP contribution < -0.4 is 24.6 Å². The zero-order chi connectivity index (χ0) is 30.3. The van der Waals surface area contributed by atoms with Crippen LogP contribution in [-0.4, -0.2) is 53.4 Å². The van der Waals surface area contributed by atoms with E-state index in [1.54, 1.807) is 23.7 Å². The number of hydrogen-bond donors (Lipinski definition) is 1. The number of nitrogens with zero attached hydrogens (tertiary/aromatic N) is 7. The monoisotopic (exact) mass is 662 g/mol. The summed E-state index contributed by atoms with van der Waals surface area (Å²) in [7, 11) is 0. The maximum Gasteiger partial charge on any atom is 1.00 e. The molecule has 45 heavy (non-hydrogen) atoms. The standard InChI is InChI=1S/C16H23ClN4.C16H19ClN4.CH4.Al.Li.4H/c2*1-2-3-4-9-16(10-18,11-21-13-19-12-20-21)14-5-7-15(17)8-6-14;;;;;;;/h5-8,12-13H,2-4,9-11,18H2,1H3;5-8,12-13H,2-4,9,11H2,1H3;1H4;;;;;;/q;;;;+1;;;;-1. The Labute approximate surface area is 303 Å². The van der Waals surface area contributed by atoms with Crippen molar-refractivity contribution in [3.05, 3.63) is 95.0 Å². The number of rotatable bonds is 15. The molecule has 0 saturated heterocycles. The van der Waals surface area contributed by atoms with E-state index >= 15 is 0 Å². The Morgan fingerprint density at radius 3 is 1.67 bits per heavy atom. The number of nitrogens with two attached hydrogens (primary N) is 1. The molecule has 0 saturated carbocycles. The molecule has 0 amide bonds. The predicted molar refractivity (Wildman–Crippen MR) is 187 cm³/mol. The summed E-state index contributed by atoms with van der Waals surface area (Å²) >= 11 is 12.0. The largest absolute Gasteiger partial charge is 1.00 e. The first-order valence-electron chi connectivity index (χ1n) is 14.7. The number of hydrogen-bond acceptors (Lipinski definition) is 6. The van der Waals surface area contributed by atoms with Crippen molar-refractivity contribution in [2.24, 2.45) is 5.73 Å². The van der Waals surface area contributed by atoms with Crippen molar-refractivity contribution in [2.75, 3.05) is 6.54 Å². The van der Waals surface area contributed by atoms with E-state index in [9.17, 15) is 5.26 Å². The van der Waals surface area contributed by atoms with Gasteiger partial charge in [-0.25, -0.2) is 9.97 Å². The topological polar surface area (TPSA) is 111 Å². The van der Waals surface area contributed by atoms with Crippen molar-refractivity contribution >= 4 is 40.6 Å². The minimum atomic E-state index is -0.590. The third-order valence-corrected chi connectivity index (χ3v) is 8.26. The fourth-order valence-electron chi connectivity index (χ4n) is 5.25. The molecule has 0 aliphatic heterocycles. The van der Waals surface area contributed by atoms with E-state index in [4.69, 9.17) is 28.9 Å². The Balaban J connectivity index is 0. The summed E-state index contributed by atoms with van der Waals surface area (Å²) in [6, 6.07) is 18.1. The molecule has 2 aromatic carbocycles. The molecule has 2 N–H and O–H groups in total. The van der Waals surface area contributed by atoms with Crippen molar-refractivity contribution < 1.29 is 20.3 Å². The smallest absolute Gasteiger partial charge is 1.00 e. The van der Waals surface area contributed by atoms with Crippen molar-refractivity contribution in [2.45, 2.75) is 96.6 Å². The molecule has 0 radical (unpaired) electrons. The molecule has 0 aliphatic rings. The van der Waals surface area contributed by atoms with Crippen LogP contribution in [0.2, 0.25) is 10.0 Å². The van der Waals surface area contributed by atoms with Crippen molar-refractivity contribution in [1.82, 2.24) is 29.5 Å². The van der Waals surface area contributed by atoms with Gasteiger partial charge in [0.15, 0.2) is 17.4 Å². The molecular formula is C33H50AlCl2LiN8. The van der Waals surface area contributed by atoms with E-state index in [-0.39, 0.29) is 50.5 Å². The van der Waals surface area contributed by atoms with Gasteiger partial charge >= 0.3 is 18.9 Å². The number of nitriles is 1. The van der Waals surface area contributed by atoms with Crippen LogP contribution in [-0.2, 0) is 23.9 Å². The van der Waals surface area contributed by atoms with Crippen molar-refractivity contribution in [3.8, 4) is 6.07 Å². The summed E-state index contributed by atoms with van der Waals surface area (Å²) in [4.78, 5) is 8.00. The normalized spacial score (nSPS) is 12.9. The SMILES string of the molecule is C.CCCCCC(C#N)(Cn1cncn1)c1ccc(Cl)cc1.CCCCCC(CN)(Cn1cncn1)c1ccc(Cl)cc1.[AlH3].[H-].[Li+]. The minimum Gasteiger partial charge on any atom is -1.00 e. The zero-order valence-corrected chi connectivity index (χ0v) is 27.2. The van der Waals surface area contributed by atoms with E-state index in [1.165, 1.54) is 24.7 Å². The van der Waals surface area contributed by atoms with E-state index in [0.29, 0.717) is 18.1 Å². The Kier molecular flexibility index (Phi) is 21.4. The Hall–Kier alpha value is -2.12. The van der Waals surface area contributed by atoms with Gasteiger partial charge in [0.1, 0.15) is 30.7 Å². The van der Waals surface area contributed by atoms with Gasteiger partial charge in [-0.2, -0.15) is 15.5 Å². The summed E-state index contributed by atoms with van der Waals surface area (Å²) in [6.07, 6.45) is 15.1. The third-order valence-electron chi connectivity index (χ3n) is 7.75. The average molecular weight is 664 g/mol. The molecule has 2 aromatic heterocycles. The molecule has 0 aliphatic carbocycles. The zero-order valence-electron chi connectivity index (χ0n) is 26.7. The van der Waals surface area contributed by atoms with E-state index in [0.717, 1.165) is 55.7 Å². The van der Waals surface area contributed by atoms with Gasteiger partial charge in [-0.3, -0.25) is 9.36 Å².